The maximum absolute atomic E-state index is 11.1. The van der Waals surface area contributed by atoms with Gasteiger partial charge in [0.05, 0.1) is 11.4 Å². The van der Waals surface area contributed by atoms with Crippen molar-refractivity contribution < 1.29 is 4.79 Å². The number of fused-ring (bicyclic) bond motifs is 1. The molecule has 0 atom stereocenters. The first-order valence-corrected chi connectivity index (χ1v) is 10.5. The van der Waals surface area contributed by atoms with Gasteiger partial charge in [-0.2, -0.15) is 0 Å². The fourth-order valence-corrected chi connectivity index (χ4v) is 3.80. The van der Waals surface area contributed by atoms with Crippen molar-refractivity contribution in [1.82, 2.24) is 15.0 Å². The second kappa shape index (κ2) is 9.25. The maximum Gasteiger partial charge on any atom is 0.178 e. The van der Waals surface area contributed by atoms with E-state index in [1.54, 1.807) is 12.3 Å². The lowest BCUT2D eigenvalue weighted by atomic mass is 9.87. The van der Waals surface area contributed by atoms with Gasteiger partial charge in [0.15, 0.2) is 11.9 Å². The van der Waals surface area contributed by atoms with Gasteiger partial charge < -0.3 is 0 Å². The lowest BCUT2D eigenvalue weighted by molar-refractivity contribution is 0.112. The number of aryl methyl sites for hydroxylation is 1. The van der Waals surface area contributed by atoms with Crippen molar-refractivity contribution in [2.24, 2.45) is 5.41 Å². The lowest BCUT2D eigenvalue weighted by Crippen LogP contribution is -2.06. The second-order valence-corrected chi connectivity index (χ2v) is 9.10. The number of unbranched alkanes of at least 4 members (excludes halogenated alkanes) is 1. The van der Waals surface area contributed by atoms with Crippen LogP contribution in [-0.2, 0) is 6.42 Å². The molecule has 4 heteroatoms. The van der Waals surface area contributed by atoms with Gasteiger partial charge in [0, 0.05) is 11.8 Å². The highest BCUT2D eigenvalue weighted by Gasteiger charge is 2.16. The van der Waals surface area contributed by atoms with Crippen LogP contribution in [0, 0.1) is 5.41 Å². The highest BCUT2D eigenvalue weighted by atomic mass is 16.1. The standard InChI is InChI=1S/C25H31N3O/c1-18(15-25(2,3)4)10-8-9-13-21-23(20-11-6-5-7-12-20)28-24-22(27-21)14-19(17-29)16-26-24/h5-6,11,14,16-17H,1,7-10,12-13,15H2,2-4H3. The van der Waals surface area contributed by atoms with E-state index < -0.39 is 0 Å². The summed E-state index contributed by atoms with van der Waals surface area (Å²) in [7, 11) is 0. The zero-order valence-electron chi connectivity index (χ0n) is 17.9. The van der Waals surface area contributed by atoms with Crippen molar-refractivity contribution in [3.63, 3.8) is 0 Å². The Kier molecular flexibility index (Phi) is 6.73. The van der Waals surface area contributed by atoms with Crippen molar-refractivity contribution in [3.05, 3.63) is 59.6 Å². The monoisotopic (exact) mass is 389 g/mol. The van der Waals surface area contributed by atoms with Crippen LogP contribution in [0.4, 0.5) is 0 Å². The van der Waals surface area contributed by atoms with Gasteiger partial charge in [0.2, 0.25) is 0 Å². The maximum atomic E-state index is 11.1. The molecule has 0 aliphatic heterocycles. The molecular formula is C25H31N3O. The number of rotatable bonds is 8. The van der Waals surface area contributed by atoms with Crippen molar-refractivity contribution >= 4 is 23.0 Å². The van der Waals surface area contributed by atoms with E-state index in [0.29, 0.717) is 22.1 Å². The molecule has 2 aromatic heterocycles. The Morgan fingerprint density at radius 3 is 2.76 bits per heavy atom. The quantitative estimate of drug-likeness (QED) is 0.303. The van der Waals surface area contributed by atoms with Crippen molar-refractivity contribution in [1.29, 1.82) is 0 Å². The fraction of sp³-hybridized carbons (Fsp3) is 0.440. The van der Waals surface area contributed by atoms with E-state index >= 15 is 0 Å². The summed E-state index contributed by atoms with van der Waals surface area (Å²) in [6.07, 6.45) is 15.9. The second-order valence-electron chi connectivity index (χ2n) is 9.10. The van der Waals surface area contributed by atoms with E-state index in [2.05, 4.69) is 50.6 Å². The van der Waals surface area contributed by atoms with Gasteiger partial charge in [-0.15, -0.1) is 0 Å². The van der Waals surface area contributed by atoms with Crippen molar-refractivity contribution in [2.45, 2.75) is 65.7 Å². The Balaban J connectivity index is 1.78. The van der Waals surface area contributed by atoms with Crippen LogP contribution < -0.4 is 0 Å². The molecule has 3 rings (SSSR count). The van der Waals surface area contributed by atoms with Crippen LogP contribution in [0.5, 0.6) is 0 Å². The number of hydrogen-bond acceptors (Lipinski definition) is 4. The topological polar surface area (TPSA) is 55.7 Å². The summed E-state index contributed by atoms with van der Waals surface area (Å²) in [5.41, 5.74) is 6.62. The van der Waals surface area contributed by atoms with Crippen LogP contribution in [0.2, 0.25) is 0 Å². The highest BCUT2D eigenvalue weighted by Crippen LogP contribution is 2.28. The molecule has 0 radical (unpaired) electrons. The zero-order valence-corrected chi connectivity index (χ0v) is 17.9. The summed E-state index contributed by atoms with van der Waals surface area (Å²) in [5, 5.41) is 0. The third kappa shape index (κ3) is 5.93. The van der Waals surface area contributed by atoms with Crippen LogP contribution >= 0.6 is 0 Å². The Bertz CT molecular complexity index is 964. The molecule has 152 valence electrons. The minimum absolute atomic E-state index is 0.290. The Hall–Kier alpha value is -2.62. The van der Waals surface area contributed by atoms with Crippen LogP contribution in [0.3, 0.4) is 0 Å². The zero-order chi connectivity index (χ0) is 20.9. The number of pyridine rings is 1. The van der Waals surface area contributed by atoms with Gasteiger partial charge in [0.1, 0.15) is 5.52 Å². The molecule has 0 unspecified atom stereocenters. The molecular weight excluding hydrogens is 358 g/mol. The molecule has 1 aliphatic rings. The number of carbonyl (C=O) groups excluding carboxylic acids is 1. The van der Waals surface area contributed by atoms with Gasteiger partial charge in [-0.25, -0.2) is 15.0 Å². The molecule has 1 aliphatic carbocycles. The fourth-order valence-electron chi connectivity index (χ4n) is 3.80. The third-order valence-electron chi connectivity index (χ3n) is 5.04. The summed E-state index contributed by atoms with van der Waals surface area (Å²) >= 11 is 0. The van der Waals surface area contributed by atoms with Crippen molar-refractivity contribution in [3.8, 4) is 0 Å². The molecule has 0 N–H and O–H groups in total. The van der Waals surface area contributed by atoms with Gasteiger partial charge >= 0.3 is 0 Å². The first-order chi connectivity index (χ1) is 13.9. The summed E-state index contributed by atoms with van der Waals surface area (Å²) in [6, 6.07) is 1.77. The molecule has 4 nitrogen and oxygen atoms in total. The van der Waals surface area contributed by atoms with Gasteiger partial charge in [-0.3, -0.25) is 4.79 Å². The summed E-state index contributed by atoms with van der Waals surface area (Å²) < 4.78 is 0. The van der Waals surface area contributed by atoms with E-state index in [1.165, 1.54) is 11.1 Å². The van der Waals surface area contributed by atoms with E-state index in [-0.39, 0.29) is 0 Å². The average molecular weight is 390 g/mol. The molecule has 2 aromatic rings. The summed E-state index contributed by atoms with van der Waals surface area (Å²) in [5.74, 6) is 0. The van der Waals surface area contributed by atoms with E-state index in [1.807, 2.05) is 0 Å². The molecule has 0 saturated heterocycles. The molecule has 0 amide bonds. The smallest absolute Gasteiger partial charge is 0.178 e. The van der Waals surface area contributed by atoms with Crippen LogP contribution in [-0.4, -0.2) is 21.2 Å². The first-order valence-electron chi connectivity index (χ1n) is 10.5. The Labute approximate surface area is 173 Å². The minimum atomic E-state index is 0.290. The van der Waals surface area contributed by atoms with Crippen LogP contribution in [0.1, 0.15) is 81.0 Å². The Morgan fingerprint density at radius 1 is 1.24 bits per heavy atom. The van der Waals surface area contributed by atoms with Gasteiger partial charge in [-0.1, -0.05) is 51.2 Å². The summed E-state index contributed by atoms with van der Waals surface area (Å²) in [6.45, 7) is 11.0. The van der Waals surface area contributed by atoms with Crippen molar-refractivity contribution in [2.75, 3.05) is 0 Å². The SMILES string of the molecule is C=C(CCCCc1nc2cc(C=O)cnc2nc1C1=CC=CCC1)CC(C)(C)C. The average Bonchev–Trinajstić information content (AvgIpc) is 2.69. The Morgan fingerprint density at radius 2 is 2.07 bits per heavy atom. The predicted molar refractivity (Wildman–Crippen MR) is 120 cm³/mol. The number of aromatic nitrogens is 3. The molecule has 2 heterocycles. The van der Waals surface area contributed by atoms with E-state index in [0.717, 1.165) is 62.6 Å². The van der Waals surface area contributed by atoms with Crippen LogP contribution in [0.25, 0.3) is 16.7 Å². The number of hydrogen-bond donors (Lipinski definition) is 0. The highest BCUT2D eigenvalue weighted by molar-refractivity contribution is 5.83. The number of nitrogens with zero attached hydrogens (tertiary/aromatic N) is 3. The predicted octanol–water partition coefficient (Wildman–Crippen LogP) is 6.28. The lowest BCUT2D eigenvalue weighted by Gasteiger charge is -2.19. The summed E-state index contributed by atoms with van der Waals surface area (Å²) in [4.78, 5) is 25.1. The molecule has 0 bridgehead atoms. The van der Waals surface area contributed by atoms with Gasteiger partial charge in [-0.05, 0) is 62.0 Å². The molecule has 0 spiro atoms. The third-order valence-corrected chi connectivity index (χ3v) is 5.04. The first kappa shape index (κ1) is 21.1. The normalized spacial score (nSPS) is 14.1. The van der Waals surface area contributed by atoms with Gasteiger partial charge in [0.25, 0.3) is 0 Å². The molecule has 29 heavy (non-hydrogen) atoms. The minimum Gasteiger partial charge on any atom is -0.298 e. The molecule has 0 aromatic carbocycles. The largest absolute Gasteiger partial charge is 0.298 e. The molecule has 0 saturated carbocycles. The number of allylic oxidation sites excluding steroid dienone is 5. The number of carbonyl (C=O) groups is 1. The number of aldehydes is 1. The van der Waals surface area contributed by atoms with E-state index in [9.17, 15) is 4.79 Å². The molecule has 0 fully saturated rings. The van der Waals surface area contributed by atoms with Crippen LogP contribution in [0.15, 0.2) is 42.6 Å². The van der Waals surface area contributed by atoms with E-state index in [4.69, 9.17) is 9.97 Å².